The number of halogens is 1. The molecule has 0 spiro atoms. The predicted octanol–water partition coefficient (Wildman–Crippen LogP) is 3.45. The maximum absolute atomic E-state index is 12.8. The minimum atomic E-state index is -0.613. The van der Waals surface area contributed by atoms with Crippen LogP contribution in [0.25, 0.3) is 0 Å². The van der Waals surface area contributed by atoms with E-state index in [0.29, 0.717) is 35.2 Å². The van der Waals surface area contributed by atoms with Crippen molar-refractivity contribution in [2.24, 2.45) is 0 Å². The number of fused-ring (bicyclic) bond motifs is 1. The lowest BCUT2D eigenvalue weighted by Crippen LogP contribution is -2.50. The second-order valence-electron chi connectivity index (χ2n) is 6.91. The molecule has 1 unspecified atom stereocenters. The van der Waals surface area contributed by atoms with Crippen LogP contribution in [0.4, 0.5) is 5.69 Å². The van der Waals surface area contributed by atoms with Crippen LogP contribution in [-0.4, -0.2) is 42.6 Å². The van der Waals surface area contributed by atoms with Crippen LogP contribution in [0.1, 0.15) is 18.4 Å². The molecule has 1 atom stereocenters. The highest BCUT2D eigenvalue weighted by Gasteiger charge is 2.33. The van der Waals surface area contributed by atoms with Gasteiger partial charge in [0.15, 0.2) is 11.5 Å². The van der Waals surface area contributed by atoms with E-state index in [-0.39, 0.29) is 18.6 Å². The lowest BCUT2D eigenvalue weighted by atomic mass is 10.0. The number of nitrogens with zero attached hydrogens (tertiary/aromatic N) is 2. The number of benzene rings is 2. The SMILES string of the molecule is N#Cc1ccc(Cl)cc1NC1CCN(C(=O)C2COc3ccccc3O2)CC1. The molecule has 0 saturated carbocycles. The summed E-state index contributed by atoms with van der Waals surface area (Å²) in [7, 11) is 0. The van der Waals surface area contributed by atoms with E-state index in [1.54, 1.807) is 18.2 Å². The third-order valence-electron chi connectivity index (χ3n) is 5.05. The Hall–Kier alpha value is -2.91. The second-order valence-corrected chi connectivity index (χ2v) is 7.35. The molecule has 28 heavy (non-hydrogen) atoms. The Kier molecular flexibility index (Phi) is 5.27. The maximum atomic E-state index is 12.8. The quantitative estimate of drug-likeness (QED) is 0.858. The average molecular weight is 398 g/mol. The van der Waals surface area contributed by atoms with Crippen LogP contribution in [0.5, 0.6) is 11.5 Å². The first kappa shape index (κ1) is 18.5. The zero-order valence-electron chi connectivity index (χ0n) is 15.2. The van der Waals surface area contributed by atoms with Crippen LogP contribution < -0.4 is 14.8 Å². The van der Waals surface area contributed by atoms with Crippen molar-refractivity contribution >= 4 is 23.2 Å². The number of amides is 1. The summed E-state index contributed by atoms with van der Waals surface area (Å²) in [4.78, 5) is 14.6. The van der Waals surface area contributed by atoms with Crippen molar-refractivity contribution in [2.75, 3.05) is 25.0 Å². The number of anilines is 1. The summed E-state index contributed by atoms with van der Waals surface area (Å²) in [5, 5.41) is 13.2. The van der Waals surface area contributed by atoms with Gasteiger partial charge < -0.3 is 19.7 Å². The number of piperidine rings is 1. The number of hydrogen-bond donors (Lipinski definition) is 1. The molecule has 144 valence electrons. The van der Waals surface area contributed by atoms with Gasteiger partial charge in [0.25, 0.3) is 5.91 Å². The molecule has 0 aromatic heterocycles. The van der Waals surface area contributed by atoms with Crippen molar-refractivity contribution in [3.05, 3.63) is 53.1 Å². The van der Waals surface area contributed by atoms with Gasteiger partial charge in [0.1, 0.15) is 12.7 Å². The summed E-state index contributed by atoms with van der Waals surface area (Å²) in [6.45, 7) is 1.48. The molecule has 0 bridgehead atoms. The van der Waals surface area contributed by atoms with Gasteiger partial charge in [-0.05, 0) is 43.2 Å². The molecular formula is C21H20ClN3O3. The summed E-state index contributed by atoms with van der Waals surface area (Å²) in [6, 6.07) is 14.9. The molecule has 2 aromatic rings. The highest BCUT2D eigenvalue weighted by atomic mass is 35.5. The number of likely N-dealkylation sites (tertiary alicyclic amines) is 1. The normalized spacial score (nSPS) is 19.0. The summed E-state index contributed by atoms with van der Waals surface area (Å²) in [5.74, 6) is 1.23. The number of rotatable bonds is 3. The number of nitrogens with one attached hydrogen (secondary N) is 1. The third kappa shape index (κ3) is 3.85. The fourth-order valence-electron chi connectivity index (χ4n) is 3.54. The smallest absolute Gasteiger partial charge is 0.267 e. The Morgan fingerprint density at radius 1 is 1.18 bits per heavy atom. The molecular weight excluding hydrogens is 378 g/mol. The van der Waals surface area contributed by atoms with Gasteiger partial charge in [0.05, 0.1) is 11.3 Å². The van der Waals surface area contributed by atoms with E-state index < -0.39 is 6.10 Å². The van der Waals surface area contributed by atoms with Crippen molar-refractivity contribution in [1.29, 1.82) is 5.26 Å². The van der Waals surface area contributed by atoms with Crippen molar-refractivity contribution in [3.63, 3.8) is 0 Å². The molecule has 2 aromatic carbocycles. The number of carbonyl (C=O) groups excluding carboxylic acids is 1. The number of para-hydroxylation sites is 2. The van der Waals surface area contributed by atoms with E-state index >= 15 is 0 Å². The van der Waals surface area contributed by atoms with Crippen molar-refractivity contribution in [1.82, 2.24) is 4.90 Å². The monoisotopic (exact) mass is 397 g/mol. The number of nitriles is 1. The van der Waals surface area contributed by atoms with Gasteiger partial charge in [-0.3, -0.25) is 4.79 Å². The van der Waals surface area contributed by atoms with Crippen molar-refractivity contribution in [3.8, 4) is 17.6 Å². The Bertz CT molecular complexity index is 919. The van der Waals surface area contributed by atoms with Crippen LogP contribution >= 0.6 is 11.6 Å². The number of hydrogen-bond acceptors (Lipinski definition) is 5. The first-order valence-electron chi connectivity index (χ1n) is 9.27. The Morgan fingerprint density at radius 3 is 2.68 bits per heavy atom. The minimum Gasteiger partial charge on any atom is -0.485 e. The molecule has 2 aliphatic rings. The first-order chi connectivity index (χ1) is 13.6. The van der Waals surface area contributed by atoms with Crippen LogP contribution in [0.15, 0.2) is 42.5 Å². The predicted molar refractivity (Wildman–Crippen MR) is 106 cm³/mol. The molecule has 1 amide bonds. The number of ether oxygens (including phenoxy) is 2. The van der Waals surface area contributed by atoms with Gasteiger partial charge in [-0.1, -0.05) is 23.7 Å². The summed E-state index contributed by atoms with van der Waals surface area (Å²) < 4.78 is 11.5. The molecule has 6 nitrogen and oxygen atoms in total. The van der Waals surface area contributed by atoms with E-state index in [1.807, 2.05) is 29.2 Å². The first-order valence-corrected chi connectivity index (χ1v) is 9.65. The minimum absolute atomic E-state index is 0.0478. The van der Waals surface area contributed by atoms with E-state index in [1.165, 1.54) is 0 Å². The molecule has 7 heteroatoms. The van der Waals surface area contributed by atoms with Crippen LogP contribution in [0, 0.1) is 11.3 Å². The standard InChI is InChI=1S/C21H20ClN3O3/c22-15-6-5-14(12-23)17(11-15)24-16-7-9-25(10-8-16)21(26)20-13-27-18-3-1-2-4-19(18)28-20/h1-6,11,16,20,24H,7-10,13H2. The molecule has 1 N–H and O–H groups in total. The highest BCUT2D eigenvalue weighted by molar-refractivity contribution is 6.30. The van der Waals surface area contributed by atoms with Crippen LogP contribution in [0.2, 0.25) is 5.02 Å². The van der Waals surface area contributed by atoms with E-state index in [2.05, 4.69) is 11.4 Å². The molecule has 0 radical (unpaired) electrons. The lowest BCUT2D eigenvalue weighted by Gasteiger charge is -2.36. The van der Waals surface area contributed by atoms with Crippen molar-refractivity contribution < 1.29 is 14.3 Å². The molecule has 0 aliphatic carbocycles. The fraction of sp³-hybridized carbons (Fsp3) is 0.333. The molecule has 4 rings (SSSR count). The van der Waals surface area contributed by atoms with E-state index in [9.17, 15) is 10.1 Å². The summed E-state index contributed by atoms with van der Waals surface area (Å²) >= 11 is 6.05. The summed E-state index contributed by atoms with van der Waals surface area (Å²) in [5.41, 5.74) is 1.30. The van der Waals surface area contributed by atoms with Gasteiger partial charge in [0, 0.05) is 24.2 Å². The maximum Gasteiger partial charge on any atom is 0.267 e. The zero-order valence-corrected chi connectivity index (χ0v) is 16.0. The average Bonchev–Trinajstić information content (AvgIpc) is 2.73. The Balaban J connectivity index is 1.34. The highest BCUT2D eigenvalue weighted by Crippen LogP contribution is 2.31. The van der Waals surface area contributed by atoms with E-state index in [0.717, 1.165) is 18.5 Å². The molecule has 1 fully saturated rings. The Labute approximate surface area is 168 Å². The number of carbonyl (C=O) groups is 1. The van der Waals surface area contributed by atoms with Gasteiger partial charge in [-0.15, -0.1) is 0 Å². The summed E-state index contributed by atoms with van der Waals surface area (Å²) in [6.07, 6.45) is 0.957. The van der Waals surface area contributed by atoms with Crippen molar-refractivity contribution in [2.45, 2.75) is 25.0 Å². The van der Waals surface area contributed by atoms with E-state index in [4.69, 9.17) is 21.1 Å². The molecule has 2 aliphatic heterocycles. The van der Waals surface area contributed by atoms with Gasteiger partial charge in [-0.25, -0.2) is 0 Å². The fourth-order valence-corrected chi connectivity index (χ4v) is 3.71. The van der Waals surface area contributed by atoms with Gasteiger partial charge in [0.2, 0.25) is 6.10 Å². The van der Waals surface area contributed by atoms with Crippen LogP contribution in [-0.2, 0) is 4.79 Å². The molecule has 2 heterocycles. The van der Waals surface area contributed by atoms with Crippen LogP contribution in [0.3, 0.4) is 0 Å². The Morgan fingerprint density at radius 2 is 1.93 bits per heavy atom. The second kappa shape index (κ2) is 7.99. The lowest BCUT2D eigenvalue weighted by molar-refractivity contribution is -0.142. The largest absolute Gasteiger partial charge is 0.485 e. The van der Waals surface area contributed by atoms with Gasteiger partial charge >= 0.3 is 0 Å². The topological polar surface area (TPSA) is 74.6 Å². The molecule has 1 saturated heterocycles. The zero-order chi connectivity index (χ0) is 19.5. The third-order valence-corrected chi connectivity index (χ3v) is 5.29. The van der Waals surface area contributed by atoms with Gasteiger partial charge in [-0.2, -0.15) is 5.26 Å².